The average molecular weight is 367 g/mol. The molecule has 5 nitrogen and oxygen atoms in total. The van der Waals surface area contributed by atoms with Crippen LogP contribution in [0.2, 0.25) is 0 Å². The average Bonchev–Trinajstić information content (AvgIpc) is 2.90. The lowest BCUT2D eigenvalue weighted by Gasteiger charge is -2.14. The van der Waals surface area contributed by atoms with Gasteiger partial charge in [-0.3, -0.25) is 9.69 Å². The minimum Gasteiger partial charge on any atom is -0.494 e. The molecule has 0 unspecified atom stereocenters. The van der Waals surface area contributed by atoms with Gasteiger partial charge >= 0.3 is 0 Å². The lowest BCUT2D eigenvalue weighted by atomic mass is 10.1. The van der Waals surface area contributed by atoms with Crippen molar-refractivity contribution in [2.75, 3.05) is 30.5 Å². The van der Waals surface area contributed by atoms with Gasteiger partial charge in [-0.1, -0.05) is 12.1 Å². The smallest absolute Gasteiger partial charge is 0.281 e. The van der Waals surface area contributed by atoms with Crippen molar-refractivity contribution in [1.82, 2.24) is 5.32 Å². The Morgan fingerprint density at radius 1 is 1.12 bits per heavy atom. The number of carbonyl (C=O) groups is 1. The first-order chi connectivity index (χ1) is 12.5. The Bertz CT molecular complexity index is 842. The van der Waals surface area contributed by atoms with Gasteiger partial charge in [0.1, 0.15) is 11.4 Å². The molecule has 0 bridgehead atoms. The SMILES string of the molecule is CCOc1ccc(N2C(=O)/C(=C/c3ccc(N(C)C)cc3)NC2=S)cc1. The normalized spacial score (nSPS) is 15.3. The van der Waals surface area contributed by atoms with Crippen LogP contribution in [-0.4, -0.2) is 31.7 Å². The molecular formula is C20H21N3O2S. The summed E-state index contributed by atoms with van der Waals surface area (Å²) in [5.41, 5.74) is 3.20. The minimum atomic E-state index is -0.171. The Labute approximate surface area is 158 Å². The van der Waals surface area contributed by atoms with Gasteiger partial charge < -0.3 is 15.0 Å². The molecule has 0 radical (unpaired) electrons. The van der Waals surface area contributed by atoms with Crippen LogP contribution in [0.5, 0.6) is 5.75 Å². The number of carbonyl (C=O) groups excluding carboxylic acids is 1. The second-order valence-corrected chi connectivity index (χ2v) is 6.43. The van der Waals surface area contributed by atoms with E-state index in [4.69, 9.17) is 17.0 Å². The lowest BCUT2D eigenvalue weighted by molar-refractivity contribution is -0.113. The van der Waals surface area contributed by atoms with Crippen LogP contribution < -0.4 is 19.9 Å². The molecule has 0 aromatic heterocycles. The van der Waals surface area contributed by atoms with Gasteiger partial charge in [0, 0.05) is 19.8 Å². The number of nitrogens with zero attached hydrogens (tertiary/aromatic N) is 2. The molecule has 1 saturated heterocycles. The number of hydrogen-bond acceptors (Lipinski definition) is 4. The third-order valence-corrected chi connectivity index (χ3v) is 4.29. The Balaban J connectivity index is 1.81. The standard InChI is InChI=1S/C20H21N3O2S/c1-4-25-17-11-9-16(10-12-17)23-19(24)18(21-20(23)26)13-14-5-7-15(8-6-14)22(2)3/h5-13H,4H2,1-3H3,(H,21,26)/b18-13-. The molecule has 26 heavy (non-hydrogen) atoms. The quantitative estimate of drug-likeness (QED) is 0.648. The van der Waals surface area contributed by atoms with Gasteiger partial charge in [0.25, 0.3) is 5.91 Å². The van der Waals surface area contributed by atoms with E-state index >= 15 is 0 Å². The van der Waals surface area contributed by atoms with Crippen LogP contribution in [0.3, 0.4) is 0 Å². The number of anilines is 2. The van der Waals surface area contributed by atoms with Crippen molar-refractivity contribution in [2.45, 2.75) is 6.92 Å². The molecule has 2 aromatic rings. The zero-order chi connectivity index (χ0) is 18.7. The Morgan fingerprint density at radius 2 is 1.77 bits per heavy atom. The van der Waals surface area contributed by atoms with Gasteiger partial charge in [0.15, 0.2) is 5.11 Å². The number of rotatable bonds is 5. The highest BCUT2D eigenvalue weighted by Crippen LogP contribution is 2.25. The van der Waals surface area contributed by atoms with E-state index in [9.17, 15) is 4.79 Å². The third kappa shape index (κ3) is 3.70. The van der Waals surface area contributed by atoms with Crippen LogP contribution in [0, 0.1) is 0 Å². The Kier molecular flexibility index (Phi) is 5.23. The van der Waals surface area contributed by atoms with Crippen LogP contribution in [0.15, 0.2) is 54.2 Å². The highest BCUT2D eigenvalue weighted by atomic mass is 32.1. The second-order valence-electron chi connectivity index (χ2n) is 6.04. The third-order valence-electron chi connectivity index (χ3n) is 4.00. The molecule has 6 heteroatoms. The summed E-state index contributed by atoms with van der Waals surface area (Å²) in [6.07, 6.45) is 1.81. The first kappa shape index (κ1) is 17.9. The molecule has 1 aliphatic heterocycles. The van der Waals surface area contributed by atoms with Crippen LogP contribution >= 0.6 is 12.2 Å². The molecule has 1 heterocycles. The molecule has 134 valence electrons. The number of benzene rings is 2. The molecule has 1 amide bonds. The van der Waals surface area contributed by atoms with E-state index in [0.29, 0.717) is 23.1 Å². The van der Waals surface area contributed by atoms with E-state index in [0.717, 1.165) is 17.0 Å². The Morgan fingerprint density at radius 3 is 2.35 bits per heavy atom. The summed E-state index contributed by atoms with van der Waals surface area (Å²) in [5.74, 6) is 0.592. The van der Waals surface area contributed by atoms with Crippen molar-refractivity contribution in [2.24, 2.45) is 0 Å². The van der Waals surface area contributed by atoms with Crippen LogP contribution in [-0.2, 0) is 4.79 Å². The summed E-state index contributed by atoms with van der Waals surface area (Å²) in [6.45, 7) is 2.53. The van der Waals surface area contributed by atoms with Gasteiger partial charge in [-0.15, -0.1) is 0 Å². The summed E-state index contributed by atoms with van der Waals surface area (Å²) in [5, 5.41) is 3.38. The zero-order valence-corrected chi connectivity index (χ0v) is 15.8. The fourth-order valence-electron chi connectivity index (χ4n) is 2.66. The van der Waals surface area contributed by atoms with E-state index in [1.165, 1.54) is 4.90 Å². The highest BCUT2D eigenvalue weighted by Gasteiger charge is 2.31. The van der Waals surface area contributed by atoms with Gasteiger partial charge in [-0.05, 0) is 67.2 Å². The molecule has 0 saturated carbocycles. The summed E-state index contributed by atoms with van der Waals surface area (Å²) in [4.78, 5) is 16.3. The lowest BCUT2D eigenvalue weighted by Crippen LogP contribution is -2.30. The number of amides is 1. The van der Waals surface area contributed by atoms with Crippen LogP contribution in [0.4, 0.5) is 11.4 Å². The molecule has 1 aliphatic rings. The topological polar surface area (TPSA) is 44.8 Å². The maximum Gasteiger partial charge on any atom is 0.281 e. The minimum absolute atomic E-state index is 0.171. The summed E-state index contributed by atoms with van der Waals surface area (Å²) >= 11 is 5.35. The van der Waals surface area contributed by atoms with Gasteiger partial charge in [0.2, 0.25) is 0 Å². The fourth-order valence-corrected chi connectivity index (χ4v) is 2.96. The van der Waals surface area contributed by atoms with E-state index in [1.54, 1.807) is 0 Å². The fraction of sp³-hybridized carbons (Fsp3) is 0.200. The van der Waals surface area contributed by atoms with Gasteiger partial charge in [0.05, 0.1) is 12.3 Å². The van der Waals surface area contributed by atoms with Crippen molar-refractivity contribution in [3.63, 3.8) is 0 Å². The highest BCUT2D eigenvalue weighted by molar-refractivity contribution is 7.80. The molecule has 0 spiro atoms. The van der Waals surface area contributed by atoms with Crippen LogP contribution in [0.25, 0.3) is 6.08 Å². The van der Waals surface area contributed by atoms with E-state index in [2.05, 4.69) is 5.32 Å². The largest absolute Gasteiger partial charge is 0.494 e. The molecular weight excluding hydrogens is 346 g/mol. The number of nitrogens with one attached hydrogen (secondary N) is 1. The number of hydrogen-bond donors (Lipinski definition) is 1. The van der Waals surface area contributed by atoms with Crippen molar-refractivity contribution in [3.05, 3.63) is 59.8 Å². The van der Waals surface area contributed by atoms with Crippen molar-refractivity contribution in [1.29, 1.82) is 0 Å². The predicted octanol–water partition coefficient (Wildman–Crippen LogP) is 3.41. The van der Waals surface area contributed by atoms with Gasteiger partial charge in [-0.25, -0.2) is 0 Å². The first-order valence-corrected chi connectivity index (χ1v) is 8.78. The van der Waals surface area contributed by atoms with Crippen molar-refractivity contribution in [3.8, 4) is 5.75 Å². The molecule has 2 aromatic carbocycles. The van der Waals surface area contributed by atoms with Crippen molar-refractivity contribution < 1.29 is 9.53 Å². The molecule has 1 fully saturated rings. The molecule has 0 atom stereocenters. The summed E-state index contributed by atoms with van der Waals surface area (Å²) in [7, 11) is 3.98. The first-order valence-electron chi connectivity index (χ1n) is 8.37. The predicted molar refractivity (Wildman–Crippen MR) is 110 cm³/mol. The summed E-state index contributed by atoms with van der Waals surface area (Å²) in [6, 6.07) is 15.3. The van der Waals surface area contributed by atoms with E-state index in [1.807, 2.05) is 80.5 Å². The van der Waals surface area contributed by atoms with E-state index < -0.39 is 0 Å². The van der Waals surface area contributed by atoms with Crippen molar-refractivity contribution >= 4 is 40.7 Å². The maximum absolute atomic E-state index is 12.8. The van der Waals surface area contributed by atoms with Crippen LogP contribution in [0.1, 0.15) is 12.5 Å². The molecule has 0 aliphatic carbocycles. The van der Waals surface area contributed by atoms with E-state index in [-0.39, 0.29) is 5.91 Å². The van der Waals surface area contributed by atoms with Gasteiger partial charge in [-0.2, -0.15) is 0 Å². The second kappa shape index (κ2) is 7.58. The molecule has 3 rings (SSSR count). The number of thiocarbonyl (C=S) groups is 1. The zero-order valence-electron chi connectivity index (χ0n) is 15.0. The summed E-state index contributed by atoms with van der Waals surface area (Å²) < 4.78 is 5.44. The maximum atomic E-state index is 12.8. The Hall–Kier alpha value is -2.86. The molecule has 1 N–H and O–H groups in total. The monoisotopic (exact) mass is 367 g/mol. The number of ether oxygens (including phenoxy) is 1.